The highest BCUT2D eigenvalue weighted by atomic mass is 32.1. The van der Waals surface area contributed by atoms with E-state index in [1.807, 2.05) is 10.3 Å². The maximum Gasteiger partial charge on any atom is 0.228 e. The van der Waals surface area contributed by atoms with Crippen molar-refractivity contribution in [3.8, 4) is 10.6 Å². The monoisotopic (exact) mass is 343 g/mol. The van der Waals surface area contributed by atoms with E-state index in [1.165, 1.54) is 12.0 Å². The predicted molar refractivity (Wildman–Crippen MR) is 99.0 cm³/mol. The number of nitrogens with two attached hydrogens (primary N) is 1. The molecule has 1 aromatic carbocycles. The van der Waals surface area contributed by atoms with Gasteiger partial charge in [0, 0.05) is 30.1 Å². The Morgan fingerprint density at radius 2 is 2.12 bits per heavy atom. The van der Waals surface area contributed by atoms with Gasteiger partial charge in [0.25, 0.3) is 0 Å². The number of hydrogen-bond donors (Lipinski definition) is 1. The molecule has 1 atom stereocenters. The molecule has 0 radical (unpaired) electrons. The van der Waals surface area contributed by atoms with E-state index in [-0.39, 0.29) is 11.9 Å². The summed E-state index contributed by atoms with van der Waals surface area (Å²) >= 11 is 1.60. The minimum atomic E-state index is 0.156. The third kappa shape index (κ3) is 3.84. The average molecular weight is 343 g/mol. The first kappa shape index (κ1) is 17.1. The Bertz CT molecular complexity index is 680. The van der Waals surface area contributed by atoms with Crippen molar-refractivity contribution in [2.24, 2.45) is 5.73 Å². The SMILES string of the molecule is CCc1ccc(-c2nc(CC(=O)N3CCCCC3CN)cs2)cc1. The van der Waals surface area contributed by atoms with E-state index in [2.05, 4.69) is 36.2 Å². The maximum absolute atomic E-state index is 12.6. The Hall–Kier alpha value is -1.72. The van der Waals surface area contributed by atoms with Gasteiger partial charge in [-0.25, -0.2) is 4.98 Å². The smallest absolute Gasteiger partial charge is 0.228 e. The molecule has 24 heavy (non-hydrogen) atoms. The molecule has 1 saturated heterocycles. The summed E-state index contributed by atoms with van der Waals surface area (Å²) in [6, 6.07) is 8.70. The van der Waals surface area contributed by atoms with Gasteiger partial charge in [-0.3, -0.25) is 4.79 Å². The average Bonchev–Trinajstić information content (AvgIpc) is 3.10. The Balaban J connectivity index is 1.67. The number of piperidine rings is 1. The van der Waals surface area contributed by atoms with E-state index in [9.17, 15) is 4.79 Å². The van der Waals surface area contributed by atoms with Crippen LogP contribution < -0.4 is 5.73 Å². The Labute approximate surface area is 147 Å². The molecule has 1 aliphatic heterocycles. The van der Waals surface area contributed by atoms with E-state index in [0.29, 0.717) is 13.0 Å². The van der Waals surface area contributed by atoms with Crippen molar-refractivity contribution in [1.82, 2.24) is 9.88 Å². The molecule has 1 aromatic heterocycles. The molecule has 2 N–H and O–H groups in total. The molecule has 0 spiro atoms. The largest absolute Gasteiger partial charge is 0.338 e. The molecule has 1 aliphatic rings. The van der Waals surface area contributed by atoms with Crippen LogP contribution in [0.2, 0.25) is 0 Å². The van der Waals surface area contributed by atoms with Crippen molar-refractivity contribution >= 4 is 17.2 Å². The van der Waals surface area contributed by atoms with Crippen LogP contribution in [0.25, 0.3) is 10.6 Å². The quantitative estimate of drug-likeness (QED) is 0.906. The molecule has 2 heterocycles. The fourth-order valence-electron chi connectivity index (χ4n) is 3.23. The van der Waals surface area contributed by atoms with Gasteiger partial charge in [0.1, 0.15) is 5.01 Å². The standard InChI is InChI=1S/C19H25N3OS/c1-2-14-6-8-15(9-7-14)19-21-16(13-24-19)11-18(23)22-10-4-3-5-17(22)12-20/h6-9,13,17H,2-5,10-12,20H2,1H3. The van der Waals surface area contributed by atoms with Crippen molar-refractivity contribution in [3.63, 3.8) is 0 Å². The highest BCUT2D eigenvalue weighted by Crippen LogP contribution is 2.25. The molecule has 0 bridgehead atoms. The number of aryl methyl sites for hydroxylation is 1. The van der Waals surface area contributed by atoms with E-state index >= 15 is 0 Å². The summed E-state index contributed by atoms with van der Waals surface area (Å²) < 4.78 is 0. The first-order valence-electron chi connectivity index (χ1n) is 8.74. The summed E-state index contributed by atoms with van der Waals surface area (Å²) in [5, 5.41) is 2.98. The lowest BCUT2D eigenvalue weighted by Crippen LogP contribution is -2.48. The maximum atomic E-state index is 12.6. The number of likely N-dealkylation sites (tertiary alicyclic amines) is 1. The zero-order valence-electron chi connectivity index (χ0n) is 14.2. The summed E-state index contributed by atoms with van der Waals surface area (Å²) in [6.45, 7) is 3.53. The molecule has 1 amide bonds. The van der Waals surface area contributed by atoms with E-state index in [4.69, 9.17) is 5.73 Å². The van der Waals surface area contributed by atoms with Crippen LogP contribution in [0.5, 0.6) is 0 Å². The lowest BCUT2D eigenvalue weighted by Gasteiger charge is -2.35. The molecule has 4 nitrogen and oxygen atoms in total. The first-order chi connectivity index (χ1) is 11.7. The van der Waals surface area contributed by atoms with E-state index in [1.54, 1.807) is 11.3 Å². The number of nitrogens with zero attached hydrogens (tertiary/aromatic N) is 2. The van der Waals surface area contributed by atoms with Crippen molar-refractivity contribution in [2.75, 3.05) is 13.1 Å². The molecule has 5 heteroatoms. The van der Waals surface area contributed by atoms with Crippen molar-refractivity contribution in [3.05, 3.63) is 40.9 Å². The van der Waals surface area contributed by atoms with Gasteiger partial charge in [-0.2, -0.15) is 0 Å². The van der Waals surface area contributed by atoms with Crippen LogP contribution in [-0.2, 0) is 17.6 Å². The fourth-order valence-corrected chi connectivity index (χ4v) is 4.06. The topological polar surface area (TPSA) is 59.2 Å². The molecule has 0 aliphatic carbocycles. The van der Waals surface area contributed by atoms with Gasteiger partial charge >= 0.3 is 0 Å². The van der Waals surface area contributed by atoms with E-state index in [0.717, 1.165) is 42.1 Å². The van der Waals surface area contributed by atoms with Gasteiger partial charge in [0.05, 0.1) is 12.1 Å². The number of thiazole rings is 1. The summed E-state index contributed by atoms with van der Waals surface area (Å²) in [5.41, 5.74) is 9.13. The van der Waals surface area contributed by atoms with Crippen molar-refractivity contribution < 1.29 is 4.79 Å². The predicted octanol–water partition coefficient (Wildman–Crippen LogP) is 3.25. The molecule has 1 unspecified atom stereocenters. The lowest BCUT2D eigenvalue weighted by molar-refractivity contribution is -0.133. The molecule has 1 fully saturated rings. The van der Waals surface area contributed by atoms with Crippen LogP contribution in [0, 0.1) is 0 Å². The zero-order valence-corrected chi connectivity index (χ0v) is 15.0. The minimum absolute atomic E-state index is 0.156. The van der Waals surface area contributed by atoms with E-state index < -0.39 is 0 Å². The second kappa shape index (κ2) is 7.90. The normalized spacial score (nSPS) is 17.9. The summed E-state index contributed by atoms with van der Waals surface area (Å²) in [5.74, 6) is 0.156. The van der Waals surface area contributed by atoms with Gasteiger partial charge in [0.15, 0.2) is 0 Å². The number of benzene rings is 1. The Morgan fingerprint density at radius 3 is 2.83 bits per heavy atom. The molecule has 0 saturated carbocycles. The van der Waals surface area contributed by atoms with Gasteiger partial charge in [-0.05, 0) is 31.2 Å². The molecule has 128 valence electrons. The van der Waals surface area contributed by atoms with Gasteiger partial charge in [-0.1, -0.05) is 31.2 Å². The minimum Gasteiger partial charge on any atom is -0.338 e. The summed E-state index contributed by atoms with van der Waals surface area (Å²) in [6.07, 6.45) is 4.68. The van der Waals surface area contributed by atoms with Crippen LogP contribution in [-0.4, -0.2) is 34.9 Å². The highest BCUT2D eigenvalue weighted by molar-refractivity contribution is 7.13. The number of carbonyl (C=O) groups excluding carboxylic acids is 1. The van der Waals surface area contributed by atoms with Crippen molar-refractivity contribution in [2.45, 2.75) is 45.1 Å². The molecular weight excluding hydrogens is 318 g/mol. The third-order valence-corrected chi connectivity index (χ3v) is 5.65. The van der Waals surface area contributed by atoms with Crippen LogP contribution in [0.15, 0.2) is 29.6 Å². The second-order valence-corrected chi connectivity index (χ2v) is 7.20. The number of hydrogen-bond acceptors (Lipinski definition) is 4. The number of amides is 1. The molecular formula is C19H25N3OS. The van der Waals surface area contributed by atoms with Crippen LogP contribution in [0.4, 0.5) is 0 Å². The lowest BCUT2D eigenvalue weighted by atomic mass is 10.0. The number of carbonyl (C=O) groups is 1. The van der Waals surface area contributed by atoms with Gasteiger partial charge < -0.3 is 10.6 Å². The van der Waals surface area contributed by atoms with Crippen LogP contribution in [0.3, 0.4) is 0 Å². The van der Waals surface area contributed by atoms with Gasteiger partial charge in [0.2, 0.25) is 5.91 Å². The van der Waals surface area contributed by atoms with Crippen LogP contribution >= 0.6 is 11.3 Å². The zero-order chi connectivity index (χ0) is 16.9. The molecule has 2 aromatic rings. The summed E-state index contributed by atoms with van der Waals surface area (Å²) in [4.78, 5) is 19.2. The molecule has 3 rings (SSSR count). The summed E-state index contributed by atoms with van der Waals surface area (Å²) in [7, 11) is 0. The number of rotatable bonds is 5. The van der Waals surface area contributed by atoms with Crippen molar-refractivity contribution in [1.29, 1.82) is 0 Å². The van der Waals surface area contributed by atoms with Crippen LogP contribution in [0.1, 0.15) is 37.4 Å². The third-order valence-electron chi connectivity index (χ3n) is 4.71. The first-order valence-corrected chi connectivity index (χ1v) is 9.62. The fraction of sp³-hybridized carbons (Fsp3) is 0.474. The van der Waals surface area contributed by atoms with Gasteiger partial charge in [-0.15, -0.1) is 11.3 Å². The Kier molecular flexibility index (Phi) is 5.63. The second-order valence-electron chi connectivity index (χ2n) is 6.34. The Morgan fingerprint density at radius 1 is 1.33 bits per heavy atom. The highest BCUT2D eigenvalue weighted by Gasteiger charge is 2.25. The number of aromatic nitrogens is 1.